The van der Waals surface area contributed by atoms with Crippen LogP contribution in [0.15, 0.2) is 11.2 Å². The summed E-state index contributed by atoms with van der Waals surface area (Å²) >= 11 is 0. The molecule has 0 radical (unpaired) electrons. The Morgan fingerprint density at radius 3 is 3.20 bits per heavy atom. The van der Waals surface area contributed by atoms with Crippen LogP contribution in [0, 0.1) is 0 Å². The summed E-state index contributed by atoms with van der Waals surface area (Å²) in [4.78, 5) is 10.8. The van der Waals surface area contributed by atoms with Gasteiger partial charge >= 0.3 is 0 Å². The van der Waals surface area contributed by atoms with Crippen molar-refractivity contribution < 1.29 is 9.53 Å². The lowest BCUT2D eigenvalue weighted by molar-refractivity contribution is -0.112. The second kappa shape index (κ2) is 3.93. The number of carbonyl (C=O) groups excluding carboxylic acids is 1. The smallest absolute Gasteiger partial charge is 0.170 e. The van der Waals surface area contributed by atoms with E-state index in [1.165, 1.54) is 21.6 Å². The maximum atomic E-state index is 10.8. The van der Waals surface area contributed by atoms with E-state index in [-0.39, 0.29) is 5.78 Å². The fraction of sp³-hybridized carbons (Fsp3) is 0.500. The van der Waals surface area contributed by atoms with Crippen molar-refractivity contribution in [2.24, 2.45) is 0 Å². The first-order valence-corrected chi connectivity index (χ1v) is 5.31. The highest BCUT2D eigenvalue weighted by molar-refractivity contribution is 8.78. The van der Waals surface area contributed by atoms with E-state index in [9.17, 15) is 4.79 Å². The SMILES string of the molecule is CCOC1=CC(=O)CSS1. The maximum Gasteiger partial charge on any atom is 0.170 e. The molecule has 0 fully saturated rings. The Hall–Kier alpha value is -0.0900. The van der Waals surface area contributed by atoms with Gasteiger partial charge in [0.25, 0.3) is 0 Å². The summed E-state index contributed by atoms with van der Waals surface area (Å²) in [6, 6.07) is 0. The molecule has 0 amide bonds. The fourth-order valence-corrected chi connectivity index (χ4v) is 2.43. The molecule has 0 aromatic carbocycles. The number of rotatable bonds is 2. The van der Waals surface area contributed by atoms with Crippen LogP contribution in [0.3, 0.4) is 0 Å². The first-order valence-electron chi connectivity index (χ1n) is 2.99. The van der Waals surface area contributed by atoms with Gasteiger partial charge in [-0.1, -0.05) is 10.8 Å². The molecule has 0 aliphatic carbocycles. The molecule has 2 nitrogen and oxygen atoms in total. The van der Waals surface area contributed by atoms with Crippen LogP contribution in [-0.2, 0) is 9.53 Å². The second-order valence-corrected chi connectivity index (χ2v) is 4.01. The predicted octanol–water partition coefficient (Wildman–Crippen LogP) is 1.83. The second-order valence-electron chi connectivity index (χ2n) is 1.71. The Bertz CT molecular complexity index is 165. The third-order valence-corrected chi connectivity index (χ3v) is 3.03. The van der Waals surface area contributed by atoms with Gasteiger partial charge in [0.05, 0.1) is 12.4 Å². The minimum atomic E-state index is 0.146. The predicted molar refractivity (Wildman–Crippen MR) is 44.8 cm³/mol. The lowest BCUT2D eigenvalue weighted by Gasteiger charge is -2.09. The molecular weight excluding hydrogens is 168 g/mol. The first-order chi connectivity index (χ1) is 4.83. The van der Waals surface area contributed by atoms with E-state index >= 15 is 0 Å². The molecule has 1 rings (SSSR count). The van der Waals surface area contributed by atoms with Crippen molar-refractivity contribution >= 4 is 27.4 Å². The molecule has 0 atom stereocenters. The Labute approximate surface area is 67.8 Å². The summed E-state index contributed by atoms with van der Waals surface area (Å²) in [7, 11) is 3.05. The van der Waals surface area contributed by atoms with Crippen molar-refractivity contribution in [3.63, 3.8) is 0 Å². The lowest BCUT2D eigenvalue weighted by atomic mass is 10.4. The van der Waals surface area contributed by atoms with Gasteiger partial charge in [0.2, 0.25) is 0 Å². The Morgan fingerprint density at radius 1 is 1.80 bits per heavy atom. The molecule has 0 saturated carbocycles. The van der Waals surface area contributed by atoms with Crippen LogP contribution in [-0.4, -0.2) is 18.1 Å². The molecule has 0 saturated heterocycles. The van der Waals surface area contributed by atoms with Crippen LogP contribution in [0.4, 0.5) is 0 Å². The highest BCUT2D eigenvalue weighted by Gasteiger charge is 2.11. The highest BCUT2D eigenvalue weighted by atomic mass is 33.1. The van der Waals surface area contributed by atoms with Crippen molar-refractivity contribution in [3.05, 3.63) is 11.2 Å². The monoisotopic (exact) mass is 176 g/mol. The molecule has 0 bridgehead atoms. The summed E-state index contributed by atoms with van der Waals surface area (Å²) in [6.45, 7) is 2.54. The summed E-state index contributed by atoms with van der Waals surface area (Å²) < 4.78 is 5.14. The summed E-state index contributed by atoms with van der Waals surface area (Å²) in [5.74, 6) is 0.716. The molecular formula is C6H8O2S2. The van der Waals surface area contributed by atoms with E-state index in [4.69, 9.17) is 4.74 Å². The number of hydrogen-bond donors (Lipinski definition) is 0. The van der Waals surface area contributed by atoms with E-state index in [1.54, 1.807) is 6.08 Å². The number of allylic oxidation sites excluding steroid dienone is 1. The molecule has 0 N–H and O–H groups in total. The van der Waals surface area contributed by atoms with Gasteiger partial charge in [-0.05, 0) is 17.7 Å². The van der Waals surface area contributed by atoms with Gasteiger partial charge in [0.1, 0.15) is 0 Å². The van der Waals surface area contributed by atoms with Gasteiger partial charge in [0.15, 0.2) is 10.9 Å². The average Bonchev–Trinajstić information content (AvgIpc) is 1.88. The van der Waals surface area contributed by atoms with E-state index in [2.05, 4.69) is 0 Å². The fourth-order valence-electron chi connectivity index (χ4n) is 0.551. The Morgan fingerprint density at radius 2 is 2.60 bits per heavy atom. The Balaban J connectivity index is 2.49. The van der Waals surface area contributed by atoms with Crippen LogP contribution < -0.4 is 0 Å². The molecule has 1 aliphatic heterocycles. The van der Waals surface area contributed by atoms with Gasteiger partial charge in [-0.3, -0.25) is 4.79 Å². The molecule has 0 aromatic rings. The molecule has 10 heavy (non-hydrogen) atoms. The standard InChI is InChI=1S/C6H8O2S2/c1-2-8-6-3-5(7)4-9-10-6/h3H,2,4H2,1H3. The number of ether oxygens (including phenoxy) is 1. The normalized spacial score (nSPS) is 18.5. The van der Waals surface area contributed by atoms with Crippen molar-refractivity contribution in [1.29, 1.82) is 0 Å². The highest BCUT2D eigenvalue weighted by Crippen LogP contribution is 2.34. The average molecular weight is 176 g/mol. The number of hydrogen-bond acceptors (Lipinski definition) is 4. The molecule has 1 aliphatic rings. The third kappa shape index (κ3) is 2.27. The van der Waals surface area contributed by atoms with Crippen molar-refractivity contribution in [3.8, 4) is 0 Å². The first kappa shape index (κ1) is 8.01. The van der Waals surface area contributed by atoms with Gasteiger partial charge in [-0.25, -0.2) is 0 Å². The largest absolute Gasteiger partial charge is 0.487 e. The number of carbonyl (C=O) groups is 1. The zero-order valence-corrected chi connectivity index (χ0v) is 7.26. The van der Waals surface area contributed by atoms with E-state index in [0.29, 0.717) is 12.4 Å². The number of ketones is 1. The molecule has 0 unspecified atom stereocenters. The van der Waals surface area contributed by atoms with E-state index in [1.807, 2.05) is 6.92 Å². The molecule has 4 heteroatoms. The van der Waals surface area contributed by atoms with E-state index in [0.717, 1.165) is 5.09 Å². The van der Waals surface area contributed by atoms with E-state index < -0.39 is 0 Å². The Kier molecular flexibility index (Phi) is 3.15. The maximum absolute atomic E-state index is 10.8. The summed E-state index contributed by atoms with van der Waals surface area (Å²) in [5.41, 5.74) is 0. The quantitative estimate of drug-likeness (QED) is 0.600. The third-order valence-electron chi connectivity index (χ3n) is 0.908. The van der Waals surface area contributed by atoms with Crippen LogP contribution >= 0.6 is 21.6 Å². The van der Waals surface area contributed by atoms with Crippen LogP contribution in [0.25, 0.3) is 0 Å². The zero-order chi connectivity index (χ0) is 7.40. The van der Waals surface area contributed by atoms with Crippen LogP contribution in [0.1, 0.15) is 6.92 Å². The molecule has 0 spiro atoms. The van der Waals surface area contributed by atoms with Gasteiger partial charge in [0, 0.05) is 6.08 Å². The van der Waals surface area contributed by atoms with Gasteiger partial charge in [-0.15, -0.1) is 0 Å². The van der Waals surface area contributed by atoms with Crippen molar-refractivity contribution in [1.82, 2.24) is 0 Å². The summed E-state index contributed by atoms with van der Waals surface area (Å²) in [5, 5.41) is 0.740. The minimum Gasteiger partial charge on any atom is -0.487 e. The molecule has 0 aromatic heterocycles. The van der Waals surface area contributed by atoms with Crippen LogP contribution in [0.5, 0.6) is 0 Å². The van der Waals surface area contributed by atoms with Gasteiger partial charge < -0.3 is 4.74 Å². The summed E-state index contributed by atoms with van der Waals surface area (Å²) in [6.07, 6.45) is 1.56. The topological polar surface area (TPSA) is 26.3 Å². The minimum absolute atomic E-state index is 0.146. The van der Waals surface area contributed by atoms with Crippen molar-refractivity contribution in [2.75, 3.05) is 12.4 Å². The van der Waals surface area contributed by atoms with Gasteiger partial charge in [-0.2, -0.15) is 0 Å². The van der Waals surface area contributed by atoms with Crippen LogP contribution in [0.2, 0.25) is 0 Å². The molecule has 56 valence electrons. The lowest BCUT2D eigenvalue weighted by Crippen LogP contribution is -2.02. The van der Waals surface area contributed by atoms with Crippen molar-refractivity contribution in [2.45, 2.75) is 6.92 Å². The zero-order valence-electron chi connectivity index (χ0n) is 5.62. The molecule has 1 heterocycles.